The van der Waals surface area contributed by atoms with E-state index in [1.807, 2.05) is 45.0 Å². The lowest BCUT2D eigenvalue weighted by Gasteiger charge is -2.15. The normalized spacial score (nSPS) is 17.8. The van der Waals surface area contributed by atoms with Crippen molar-refractivity contribution < 1.29 is 9.59 Å². The molecule has 0 saturated carbocycles. The van der Waals surface area contributed by atoms with Crippen molar-refractivity contribution in [1.82, 2.24) is 15.2 Å². The molecule has 5 heteroatoms. The quantitative estimate of drug-likeness (QED) is 0.945. The summed E-state index contributed by atoms with van der Waals surface area (Å²) in [4.78, 5) is 30.8. The molecule has 1 aromatic carbocycles. The van der Waals surface area contributed by atoms with Crippen LogP contribution in [0.3, 0.4) is 0 Å². The molecule has 23 heavy (non-hydrogen) atoms. The molecule has 0 bridgehead atoms. The van der Waals surface area contributed by atoms with E-state index in [0.29, 0.717) is 25.1 Å². The monoisotopic (exact) mass is 311 g/mol. The fraction of sp³-hybridized carbons (Fsp3) is 0.389. The maximum Gasteiger partial charge on any atom is 0.252 e. The molecule has 2 heterocycles. The number of carbonyl (C=O) groups excluding carboxylic acids is 2. The summed E-state index contributed by atoms with van der Waals surface area (Å²) in [5, 5.41) is 3.85. The molecule has 2 aromatic rings. The summed E-state index contributed by atoms with van der Waals surface area (Å²) in [6, 6.07) is 7.60. The summed E-state index contributed by atoms with van der Waals surface area (Å²) >= 11 is 0. The number of carbonyl (C=O) groups is 2. The fourth-order valence-corrected chi connectivity index (χ4v) is 3.10. The molecule has 1 aromatic heterocycles. The smallest absolute Gasteiger partial charge is 0.252 e. The Morgan fingerprint density at radius 1 is 1.35 bits per heavy atom. The number of aryl methyl sites for hydroxylation is 2. The predicted octanol–water partition coefficient (Wildman–Crippen LogP) is 2.20. The molecule has 2 amide bonds. The minimum absolute atomic E-state index is 0.101. The standard InChI is InChI=1S/C18H21N3O2/c1-4-21-10-13(9-17(21)22)20-18(23)15-8-12(3)19-16-6-5-11(2)7-14(15)16/h5-8,13H,4,9-10H2,1-3H3,(H,20,23). The van der Waals surface area contributed by atoms with Gasteiger partial charge in [0.1, 0.15) is 0 Å². The van der Waals surface area contributed by atoms with Crippen molar-refractivity contribution in [3.8, 4) is 0 Å². The highest BCUT2D eigenvalue weighted by atomic mass is 16.2. The molecule has 1 fully saturated rings. The number of fused-ring (bicyclic) bond motifs is 1. The summed E-state index contributed by atoms with van der Waals surface area (Å²) in [6.07, 6.45) is 0.376. The van der Waals surface area contributed by atoms with E-state index in [2.05, 4.69) is 10.3 Å². The number of hydrogen-bond donors (Lipinski definition) is 1. The van der Waals surface area contributed by atoms with Gasteiger partial charge in [-0.25, -0.2) is 0 Å². The van der Waals surface area contributed by atoms with Gasteiger partial charge in [-0.15, -0.1) is 0 Å². The van der Waals surface area contributed by atoms with Gasteiger partial charge in [0.05, 0.1) is 17.1 Å². The zero-order chi connectivity index (χ0) is 16.6. The number of benzene rings is 1. The van der Waals surface area contributed by atoms with Crippen LogP contribution < -0.4 is 5.32 Å². The molecule has 1 N–H and O–H groups in total. The van der Waals surface area contributed by atoms with Crippen LogP contribution in [0.1, 0.15) is 35.0 Å². The largest absolute Gasteiger partial charge is 0.347 e. The van der Waals surface area contributed by atoms with Crippen LogP contribution in [-0.2, 0) is 4.79 Å². The van der Waals surface area contributed by atoms with E-state index in [0.717, 1.165) is 22.2 Å². The Bertz CT molecular complexity index is 785. The van der Waals surface area contributed by atoms with Crippen molar-refractivity contribution in [3.05, 3.63) is 41.1 Å². The van der Waals surface area contributed by atoms with Crippen LogP contribution in [0.2, 0.25) is 0 Å². The lowest BCUT2D eigenvalue weighted by atomic mass is 10.0. The number of rotatable bonds is 3. The summed E-state index contributed by atoms with van der Waals surface area (Å²) in [7, 11) is 0. The molecular formula is C18H21N3O2. The minimum atomic E-state index is -0.137. The number of nitrogens with one attached hydrogen (secondary N) is 1. The summed E-state index contributed by atoms with van der Waals surface area (Å²) in [5.74, 6) is -0.0359. The fourth-order valence-electron chi connectivity index (χ4n) is 3.10. The van der Waals surface area contributed by atoms with Crippen molar-refractivity contribution >= 4 is 22.7 Å². The van der Waals surface area contributed by atoms with Crippen molar-refractivity contribution in [2.24, 2.45) is 0 Å². The number of likely N-dealkylation sites (tertiary alicyclic amines) is 1. The van der Waals surface area contributed by atoms with E-state index >= 15 is 0 Å². The van der Waals surface area contributed by atoms with E-state index in [4.69, 9.17) is 0 Å². The van der Waals surface area contributed by atoms with Crippen LogP contribution in [0.25, 0.3) is 10.9 Å². The van der Waals surface area contributed by atoms with Crippen LogP contribution in [0.4, 0.5) is 0 Å². The van der Waals surface area contributed by atoms with Gasteiger partial charge < -0.3 is 10.2 Å². The molecule has 1 atom stereocenters. The lowest BCUT2D eigenvalue weighted by Crippen LogP contribution is -2.37. The van der Waals surface area contributed by atoms with E-state index in [1.165, 1.54) is 0 Å². The van der Waals surface area contributed by atoms with Gasteiger partial charge in [0.2, 0.25) is 5.91 Å². The second kappa shape index (κ2) is 5.99. The maximum absolute atomic E-state index is 12.7. The predicted molar refractivity (Wildman–Crippen MR) is 89.3 cm³/mol. The third kappa shape index (κ3) is 3.04. The molecule has 1 unspecified atom stereocenters. The van der Waals surface area contributed by atoms with Gasteiger partial charge in [0.25, 0.3) is 5.91 Å². The van der Waals surface area contributed by atoms with Gasteiger partial charge in [0.15, 0.2) is 0 Å². The lowest BCUT2D eigenvalue weighted by molar-refractivity contribution is -0.127. The maximum atomic E-state index is 12.7. The number of aromatic nitrogens is 1. The number of nitrogens with zero attached hydrogens (tertiary/aromatic N) is 2. The van der Waals surface area contributed by atoms with Crippen LogP contribution in [-0.4, -0.2) is 40.8 Å². The molecule has 1 aliphatic rings. The van der Waals surface area contributed by atoms with E-state index in [1.54, 1.807) is 4.90 Å². The minimum Gasteiger partial charge on any atom is -0.347 e. The van der Waals surface area contributed by atoms with Crippen LogP contribution in [0.5, 0.6) is 0 Å². The molecule has 0 aliphatic carbocycles. The number of hydrogen-bond acceptors (Lipinski definition) is 3. The topological polar surface area (TPSA) is 62.3 Å². The Kier molecular flexibility index (Phi) is 4.03. The Labute approximate surface area is 135 Å². The van der Waals surface area contributed by atoms with E-state index in [-0.39, 0.29) is 17.9 Å². The second-order valence-electron chi connectivity index (χ2n) is 6.14. The number of likely N-dealkylation sites (N-methyl/N-ethyl adjacent to an activating group) is 1. The summed E-state index contributed by atoms with van der Waals surface area (Å²) in [5.41, 5.74) is 3.34. The number of amides is 2. The highest BCUT2D eigenvalue weighted by molar-refractivity contribution is 6.06. The third-order valence-electron chi connectivity index (χ3n) is 4.27. The molecule has 0 radical (unpaired) electrons. The first-order valence-corrected chi connectivity index (χ1v) is 7.94. The second-order valence-corrected chi connectivity index (χ2v) is 6.14. The first-order valence-electron chi connectivity index (χ1n) is 7.94. The molecule has 0 spiro atoms. The van der Waals surface area contributed by atoms with Crippen LogP contribution >= 0.6 is 0 Å². The zero-order valence-electron chi connectivity index (χ0n) is 13.7. The van der Waals surface area contributed by atoms with Crippen molar-refractivity contribution in [2.75, 3.05) is 13.1 Å². The van der Waals surface area contributed by atoms with Gasteiger partial charge in [-0.2, -0.15) is 0 Å². The Morgan fingerprint density at radius 3 is 2.83 bits per heavy atom. The van der Waals surface area contributed by atoms with Gasteiger partial charge in [-0.1, -0.05) is 11.6 Å². The summed E-state index contributed by atoms with van der Waals surface area (Å²) < 4.78 is 0. The molecule has 1 aliphatic heterocycles. The molecule has 3 rings (SSSR count). The third-order valence-corrected chi connectivity index (χ3v) is 4.27. The van der Waals surface area contributed by atoms with Gasteiger partial charge in [-0.3, -0.25) is 14.6 Å². The zero-order valence-corrected chi connectivity index (χ0v) is 13.7. The SMILES string of the molecule is CCN1CC(NC(=O)c2cc(C)nc3ccc(C)cc23)CC1=O. The first-order chi connectivity index (χ1) is 11.0. The summed E-state index contributed by atoms with van der Waals surface area (Å²) in [6.45, 7) is 7.10. The highest BCUT2D eigenvalue weighted by Gasteiger charge is 2.29. The van der Waals surface area contributed by atoms with E-state index in [9.17, 15) is 9.59 Å². The van der Waals surface area contributed by atoms with Gasteiger partial charge >= 0.3 is 0 Å². The van der Waals surface area contributed by atoms with E-state index < -0.39 is 0 Å². The van der Waals surface area contributed by atoms with Crippen molar-refractivity contribution in [3.63, 3.8) is 0 Å². The van der Waals surface area contributed by atoms with Crippen LogP contribution in [0.15, 0.2) is 24.3 Å². The van der Waals surface area contributed by atoms with Gasteiger partial charge in [-0.05, 0) is 39.0 Å². The molecule has 120 valence electrons. The molecule has 1 saturated heterocycles. The van der Waals surface area contributed by atoms with Crippen molar-refractivity contribution in [2.45, 2.75) is 33.2 Å². The average Bonchev–Trinajstić information content (AvgIpc) is 2.86. The Morgan fingerprint density at radius 2 is 2.13 bits per heavy atom. The number of pyridine rings is 1. The van der Waals surface area contributed by atoms with Crippen molar-refractivity contribution in [1.29, 1.82) is 0 Å². The van der Waals surface area contributed by atoms with Crippen LogP contribution in [0, 0.1) is 13.8 Å². The average molecular weight is 311 g/mol. The first kappa shape index (κ1) is 15.5. The molecular weight excluding hydrogens is 290 g/mol. The van der Waals surface area contributed by atoms with Gasteiger partial charge in [0, 0.05) is 30.6 Å². The molecule has 5 nitrogen and oxygen atoms in total. The Balaban J connectivity index is 1.89. The Hall–Kier alpha value is -2.43. The highest BCUT2D eigenvalue weighted by Crippen LogP contribution is 2.21.